The second-order valence-corrected chi connectivity index (χ2v) is 5.80. The molecule has 1 aromatic heterocycles. The summed E-state index contributed by atoms with van der Waals surface area (Å²) in [4.78, 5) is 8.73. The van der Waals surface area contributed by atoms with Gasteiger partial charge < -0.3 is 10.6 Å². The van der Waals surface area contributed by atoms with Gasteiger partial charge in [-0.25, -0.2) is 9.97 Å². The summed E-state index contributed by atoms with van der Waals surface area (Å²) in [5, 5.41) is 6.81. The summed E-state index contributed by atoms with van der Waals surface area (Å²) < 4.78 is 0. The minimum absolute atomic E-state index is 0.543. The molecule has 0 aromatic carbocycles. The van der Waals surface area contributed by atoms with Crippen molar-refractivity contribution in [1.82, 2.24) is 9.97 Å². The number of hydrogen-bond donors (Lipinski definition) is 2. The average molecular weight is 262 g/mol. The van der Waals surface area contributed by atoms with Gasteiger partial charge in [-0.1, -0.05) is 20.8 Å². The summed E-state index contributed by atoms with van der Waals surface area (Å²) in [6, 6.07) is 0.543. The highest BCUT2D eigenvalue weighted by molar-refractivity contribution is 5.57. The van der Waals surface area contributed by atoms with Gasteiger partial charge in [0.25, 0.3) is 0 Å². The Balaban J connectivity index is 2.14. The van der Waals surface area contributed by atoms with Crippen molar-refractivity contribution in [3.05, 3.63) is 11.9 Å². The molecule has 106 valence electrons. The van der Waals surface area contributed by atoms with Crippen LogP contribution in [0.2, 0.25) is 0 Å². The average Bonchev–Trinajstić information content (AvgIpc) is 2.41. The van der Waals surface area contributed by atoms with Crippen LogP contribution in [-0.4, -0.2) is 23.1 Å². The lowest BCUT2D eigenvalue weighted by Gasteiger charge is -2.34. The van der Waals surface area contributed by atoms with Crippen LogP contribution in [0.1, 0.15) is 45.6 Å². The zero-order chi connectivity index (χ0) is 13.8. The highest BCUT2D eigenvalue weighted by Crippen LogP contribution is 2.31. The van der Waals surface area contributed by atoms with Gasteiger partial charge in [0.05, 0.1) is 0 Å². The van der Waals surface area contributed by atoms with Gasteiger partial charge >= 0.3 is 0 Å². The molecular formula is C15H26N4. The molecule has 4 nitrogen and oxygen atoms in total. The minimum atomic E-state index is 0.543. The van der Waals surface area contributed by atoms with E-state index in [1.54, 1.807) is 6.33 Å². The molecule has 1 aliphatic rings. The molecule has 1 aromatic rings. The van der Waals surface area contributed by atoms with Crippen molar-refractivity contribution in [3.8, 4) is 0 Å². The van der Waals surface area contributed by atoms with Gasteiger partial charge in [0.15, 0.2) is 0 Å². The fraction of sp³-hybridized carbons (Fsp3) is 0.733. The van der Waals surface area contributed by atoms with E-state index in [1.165, 1.54) is 24.8 Å². The zero-order valence-corrected chi connectivity index (χ0v) is 12.5. The number of aromatic nitrogens is 2. The number of hydrogen-bond acceptors (Lipinski definition) is 4. The van der Waals surface area contributed by atoms with Gasteiger partial charge in [0, 0.05) is 18.7 Å². The number of nitrogens with zero attached hydrogens (tertiary/aromatic N) is 2. The predicted octanol–water partition coefficient (Wildman–Crippen LogP) is 3.32. The lowest BCUT2D eigenvalue weighted by Crippen LogP contribution is -2.33. The first-order valence-corrected chi connectivity index (χ1v) is 7.43. The molecule has 0 amide bonds. The van der Waals surface area contributed by atoms with Crippen LogP contribution in [0.3, 0.4) is 0 Å². The highest BCUT2D eigenvalue weighted by atomic mass is 15.1. The van der Waals surface area contributed by atoms with E-state index in [1.807, 2.05) is 7.05 Å². The molecule has 0 radical (unpaired) electrons. The van der Waals surface area contributed by atoms with Crippen LogP contribution in [0.4, 0.5) is 11.6 Å². The molecule has 4 heteroatoms. The largest absolute Gasteiger partial charge is 0.373 e. The summed E-state index contributed by atoms with van der Waals surface area (Å²) in [6.45, 7) is 6.85. The third-order valence-electron chi connectivity index (χ3n) is 4.29. The van der Waals surface area contributed by atoms with Gasteiger partial charge in [-0.2, -0.15) is 0 Å². The van der Waals surface area contributed by atoms with Crippen molar-refractivity contribution in [1.29, 1.82) is 0 Å². The fourth-order valence-electron chi connectivity index (χ4n) is 3.14. The SMILES string of the molecule is CCc1c(NC)ncnc1NC1CCC(C)CC1C. The molecular weight excluding hydrogens is 236 g/mol. The molecule has 0 saturated heterocycles. The molecule has 0 aliphatic heterocycles. The van der Waals surface area contributed by atoms with Crippen LogP contribution in [0.15, 0.2) is 6.33 Å². The van der Waals surface area contributed by atoms with Crippen molar-refractivity contribution < 1.29 is 0 Å². The Morgan fingerprint density at radius 2 is 1.95 bits per heavy atom. The van der Waals surface area contributed by atoms with E-state index in [0.29, 0.717) is 12.0 Å². The molecule has 2 N–H and O–H groups in total. The fourth-order valence-corrected chi connectivity index (χ4v) is 3.14. The van der Waals surface area contributed by atoms with Gasteiger partial charge in [-0.15, -0.1) is 0 Å². The molecule has 1 fully saturated rings. The predicted molar refractivity (Wildman–Crippen MR) is 80.5 cm³/mol. The minimum Gasteiger partial charge on any atom is -0.373 e. The number of anilines is 2. The van der Waals surface area contributed by atoms with E-state index in [0.717, 1.165) is 24.0 Å². The second kappa shape index (κ2) is 6.22. The van der Waals surface area contributed by atoms with E-state index < -0.39 is 0 Å². The monoisotopic (exact) mass is 262 g/mol. The third-order valence-corrected chi connectivity index (χ3v) is 4.29. The molecule has 19 heavy (non-hydrogen) atoms. The molecule has 0 bridgehead atoms. The van der Waals surface area contributed by atoms with Crippen molar-refractivity contribution in [2.75, 3.05) is 17.7 Å². The number of rotatable bonds is 4. The van der Waals surface area contributed by atoms with E-state index in [4.69, 9.17) is 0 Å². The first kappa shape index (κ1) is 14.1. The Labute approximate surface area is 116 Å². The Hall–Kier alpha value is -1.32. The van der Waals surface area contributed by atoms with Crippen LogP contribution >= 0.6 is 0 Å². The van der Waals surface area contributed by atoms with Crippen LogP contribution in [0, 0.1) is 11.8 Å². The standard InChI is InChI=1S/C15H26N4/c1-5-12-14(16-4)17-9-18-15(12)19-13-7-6-10(2)8-11(13)3/h9-11,13H,5-8H2,1-4H3,(H2,16,17,18,19). The maximum Gasteiger partial charge on any atom is 0.134 e. The number of nitrogens with one attached hydrogen (secondary N) is 2. The molecule has 1 heterocycles. The maximum atomic E-state index is 4.44. The Morgan fingerprint density at radius 3 is 2.58 bits per heavy atom. The van der Waals surface area contributed by atoms with Crippen molar-refractivity contribution in [2.45, 2.75) is 52.5 Å². The van der Waals surface area contributed by atoms with E-state index >= 15 is 0 Å². The van der Waals surface area contributed by atoms with Crippen molar-refractivity contribution in [2.24, 2.45) is 11.8 Å². The first-order valence-electron chi connectivity index (χ1n) is 7.43. The van der Waals surface area contributed by atoms with E-state index in [9.17, 15) is 0 Å². The Kier molecular flexibility index (Phi) is 4.61. The summed E-state index contributed by atoms with van der Waals surface area (Å²) in [6.07, 6.45) is 6.45. The zero-order valence-electron chi connectivity index (χ0n) is 12.5. The van der Waals surface area contributed by atoms with Gasteiger partial charge in [0.2, 0.25) is 0 Å². The highest BCUT2D eigenvalue weighted by Gasteiger charge is 2.26. The maximum absolute atomic E-state index is 4.44. The van der Waals surface area contributed by atoms with E-state index in [-0.39, 0.29) is 0 Å². The van der Waals surface area contributed by atoms with Gasteiger partial charge in [-0.3, -0.25) is 0 Å². The Morgan fingerprint density at radius 1 is 1.21 bits per heavy atom. The van der Waals surface area contributed by atoms with Crippen LogP contribution in [-0.2, 0) is 6.42 Å². The lowest BCUT2D eigenvalue weighted by molar-refractivity contribution is 0.276. The van der Waals surface area contributed by atoms with Gasteiger partial charge in [-0.05, 0) is 37.5 Å². The van der Waals surface area contributed by atoms with Crippen LogP contribution < -0.4 is 10.6 Å². The topological polar surface area (TPSA) is 49.8 Å². The van der Waals surface area contributed by atoms with Crippen LogP contribution in [0.5, 0.6) is 0 Å². The molecule has 2 rings (SSSR count). The van der Waals surface area contributed by atoms with E-state index in [2.05, 4.69) is 41.4 Å². The van der Waals surface area contributed by atoms with Crippen molar-refractivity contribution >= 4 is 11.6 Å². The Bertz CT molecular complexity index is 419. The molecule has 0 spiro atoms. The van der Waals surface area contributed by atoms with Gasteiger partial charge in [0.1, 0.15) is 18.0 Å². The summed E-state index contributed by atoms with van der Waals surface area (Å²) in [5.41, 5.74) is 1.19. The van der Waals surface area contributed by atoms with Crippen LogP contribution in [0.25, 0.3) is 0 Å². The third kappa shape index (κ3) is 3.17. The summed E-state index contributed by atoms with van der Waals surface area (Å²) >= 11 is 0. The molecule has 1 aliphatic carbocycles. The first-order chi connectivity index (χ1) is 9.15. The summed E-state index contributed by atoms with van der Waals surface area (Å²) in [7, 11) is 1.91. The molecule has 3 unspecified atom stereocenters. The smallest absolute Gasteiger partial charge is 0.134 e. The normalized spacial score (nSPS) is 27.1. The molecule has 3 atom stereocenters. The summed E-state index contributed by atoms with van der Waals surface area (Å²) in [5.74, 6) is 3.52. The quantitative estimate of drug-likeness (QED) is 0.874. The van der Waals surface area contributed by atoms with Crippen molar-refractivity contribution in [3.63, 3.8) is 0 Å². The molecule has 1 saturated carbocycles. The second-order valence-electron chi connectivity index (χ2n) is 5.80. The lowest BCUT2D eigenvalue weighted by atomic mass is 9.80.